The largest absolute Gasteiger partial charge is 0.494 e. The lowest BCUT2D eigenvalue weighted by molar-refractivity contribution is 0.340. The molecule has 0 spiro atoms. The first-order valence-electron chi connectivity index (χ1n) is 5.18. The van der Waals surface area contributed by atoms with Crippen molar-refractivity contribution in [1.82, 2.24) is 0 Å². The Hall–Kier alpha value is -0.210. The first-order chi connectivity index (χ1) is 7.31. The Labute approximate surface area is 105 Å². The van der Waals surface area contributed by atoms with Crippen LogP contribution in [0.5, 0.6) is 5.75 Å². The van der Waals surface area contributed by atoms with Gasteiger partial charge in [0.25, 0.3) is 0 Å². The molecular formula is C12H16BrClO. The van der Waals surface area contributed by atoms with Crippen LogP contribution < -0.4 is 4.74 Å². The SMILES string of the molecule is CCOc1ccc(CCCBr)c(CCl)c1. The van der Waals surface area contributed by atoms with E-state index < -0.39 is 0 Å². The Kier molecular flexibility index (Phi) is 6.11. The van der Waals surface area contributed by atoms with Crippen LogP contribution in [-0.4, -0.2) is 11.9 Å². The lowest BCUT2D eigenvalue weighted by Gasteiger charge is -2.09. The van der Waals surface area contributed by atoms with Crippen molar-refractivity contribution in [3.05, 3.63) is 29.3 Å². The molecule has 0 bridgehead atoms. The van der Waals surface area contributed by atoms with Gasteiger partial charge in [-0.25, -0.2) is 0 Å². The molecule has 0 aliphatic rings. The monoisotopic (exact) mass is 290 g/mol. The maximum atomic E-state index is 5.92. The minimum absolute atomic E-state index is 0.554. The summed E-state index contributed by atoms with van der Waals surface area (Å²) in [4.78, 5) is 0. The molecule has 0 heterocycles. The Morgan fingerprint density at radius 3 is 2.73 bits per heavy atom. The molecule has 3 heteroatoms. The molecule has 0 saturated heterocycles. The van der Waals surface area contributed by atoms with Crippen LogP contribution in [0.25, 0.3) is 0 Å². The van der Waals surface area contributed by atoms with Crippen LogP contribution in [-0.2, 0) is 12.3 Å². The van der Waals surface area contributed by atoms with E-state index in [1.54, 1.807) is 0 Å². The van der Waals surface area contributed by atoms with Gasteiger partial charge in [-0.05, 0) is 43.0 Å². The maximum Gasteiger partial charge on any atom is 0.119 e. The quantitative estimate of drug-likeness (QED) is 0.715. The van der Waals surface area contributed by atoms with Crippen LogP contribution in [0.15, 0.2) is 18.2 Å². The number of benzene rings is 1. The van der Waals surface area contributed by atoms with E-state index in [4.69, 9.17) is 16.3 Å². The summed E-state index contributed by atoms with van der Waals surface area (Å²) < 4.78 is 5.44. The number of hydrogen-bond donors (Lipinski definition) is 0. The van der Waals surface area contributed by atoms with Crippen molar-refractivity contribution in [3.8, 4) is 5.75 Å². The molecule has 0 unspecified atom stereocenters. The minimum Gasteiger partial charge on any atom is -0.494 e. The molecule has 0 radical (unpaired) electrons. The molecule has 0 aromatic heterocycles. The molecule has 0 N–H and O–H groups in total. The van der Waals surface area contributed by atoms with E-state index in [0.29, 0.717) is 12.5 Å². The van der Waals surface area contributed by atoms with Crippen LogP contribution in [0.1, 0.15) is 24.5 Å². The zero-order valence-electron chi connectivity index (χ0n) is 8.93. The third kappa shape index (κ3) is 4.04. The van der Waals surface area contributed by atoms with Crippen LogP contribution in [0.3, 0.4) is 0 Å². The molecule has 0 aliphatic carbocycles. The third-order valence-electron chi connectivity index (χ3n) is 2.21. The van der Waals surface area contributed by atoms with Crippen LogP contribution in [0.4, 0.5) is 0 Å². The molecule has 0 atom stereocenters. The van der Waals surface area contributed by atoms with E-state index in [1.807, 2.05) is 19.1 Å². The highest BCUT2D eigenvalue weighted by Gasteiger charge is 2.03. The predicted molar refractivity (Wildman–Crippen MR) is 69.3 cm³/mol. The fourth-order valence-corrected chi connectivity index (χ4v) is 2.01. The molecular weight excluding hydrogens is 275 g/mol. The van der Waals surface area contributed by atoms with Gasteiger partial charge >= 0.3 is 0 Å². The first-order valence-corrected chi connectivity index (χ1v) is 6.84. The molecule has 0 amide bonds. The summed E-state index contributed by atoms with van der Waals surface area (Å²) in [5.41, 5.74) is 2.51. The highest BCUT2D eigenvalue weighted by molar-refractivity contribution is 9.09. The van der Waals surface area contributed by atoms with E-state index >= 15 is 0 Å². The number of aryl methyl sites for hydroxylation is 1. The van der Waals surface area contributed by atoms with Gasteiger partial charge in [0.1, 0.15) is 5.75 Å². The van der Waals surface area contributed by atoms with E-state index in [1.165, 1.54) is 11.1 Å². The summed E-state index contributed by atoms with van der Waals surface area (Å²) in [7, 11) is 0. The zero-order valence-corrected chi connectivity index (χ0v) is 11.3. The third-order valence-corrected chi connectivity index (χ3v) is 3.06. The molecule has 0 fully saturated rings. The van der Waals surface area contributed by atoms with Gasteiger partial charge in [0.15, 0.2) is 0 Å². The molecule has 1 aromatic carbocycles. The number of hydrogen-bond acceptors (Lipinski definition) is 1. The summed E-state index contributed by atoms with van der Waals surface area (Å²) in [5.74, 6) is 1.47. The second-order valence-corrected chi connectivity index (χ2v) is 4.35. The van der Waals surface area contributed by atoms with Crippen LogP contribution >= 0.6 is 27.5 Å². The lowest BCUT2D eigenvalue weighted by Crippen LogP contribution is -1.96. The zero-order chi connectivity index (χ0) is 11.1. The van der Waals surface area contributed by atoms with Gasteiger partial charge in [0, 0.05) is 11.2 Å². The Morgan fingerprint density at radius 2 is 2.13 bits per heavy atom. The molecule has 1 rings (SSSR count). The fourth-order valence-electron chi connectivity index (χ4n) is 1.48. The van der Waals surface area contributed by atoms with Gasteiger partial charge in [0.2, 0.25) is 0 Å². The predicted octanol–water partition coefficient (Wildman–Crippen LogP) is 4.15. The molecule has 1 nitrogen and oxygen atoms in total. The average molecular weight is 292 g/mol. The molecule has 84 valence electrons. The minimum atomic E-state index is 0.554. The van der Waals surface area contributed by atoms with Gasteiger partial charge in [-0.3, -0.25) is 0 Å². The van der Waals surface area contributed by atoms with Crippen molar-refractivity contribution in [2.75, 3.05) is 11.9 Å². The summed E-state index contributed by atoms with van der Waals surface area (Å²) in [6.07, 6.45) is 2.21. The van der Waals surface area contributed by atoms with Crippen LogP contribution in [0, 0.1) is 0 Å². The van der Waals surface area contributed by atoms with Crippen molar-refractivity contribution in [3.63, 3.8) is 0 Å². The lowest BCUT2D eigenvalue weighted by atomic mass is 10.0. The maximum absolute atomic E-state index is 5.92. The molecule has 0 aliphatic heterocycles. The molecule has 1 aromatic rings. The second-order valence-electron chi connectivity index (χ2n) is 3.29. The van der Waals surface area contributed by atoms with E-state index in [-0.39, 0.29) is 0 Å². The van der Waals surface area contributed by atoms with Crippen molar-refractivity contribution in [2.45, 2.75) is 25.6 Å². The standard InChI is InChI=1S/C12H16BrClO/c1-2-15-12-6-5-10(4-3-7-13)11(8-12)9-14/h5-6,8H,2-4,7,9H2,1H3. The Morgan fingerprint density at radius 1 is 1.33 bits per heavy atom. The van der Waals surface area contributed by atoms with Gasteiger partial charge in [-0.1, -0.05) is 22.0 Å². The fraction of sp³-hybridized carbons (Fsp3) is 0.500. The number of halogens is 2. The summed E-state index contributed by atoms with van der Waals surface area (Å²) in [6.45, 7) is 2.68. The number of ether oxygens (including phenoxy) is 1. The first kappa shape index (κ1) is 12.9. The molecule has 0 saturated carbocycles. The van der Waals surface area contributed by atoms with Crippen LogP contribution in [0.2, 0.25) is 0 Å². The second kappa shape index (κ2) is 7.13. The highest BCUT2D eigenvalue weighted by atomic mass is 79.9. The highest BCUT2D eigenvalue weighted by Crippen LogP contribution is 2.21. The smallest absolute Gasteiger partial charge is 0.119 e. The normalized spacial score (nSPS) is 10.3. The Bertz CT molecular complexity index is 302. The van der Waals surface area contributed by atoms with E-state index in [2.05, 4.69) is 22.0 Å². The summed E-state index contributed by atoms with van der Waals surface area (Å²) >= 11 is 9.35. The summed E-state index contributed by atoms with van der Waals surface area (Å²) in [6, 6.07) is 6.18. The molecule has 15 heavy (non-hydrogen) atoms. The van der Waals surface area contributed by atoms with Crippen molar-refractivity contribution < 1.29 is 4.74 Å². The topological polar surface area (TPSA) is 9.23 Å². The average Bonchev–Trinajstić information content (AvgIpc) is 2.27. The van der Waals surface area contributed by atoms with E-state index in [9.17, 15) is 0 Å². The van der Waals surface area contributed by atoms with Gasteiger partial charge in [-0.2, -0.15) is 0 Å². The van der Waals surface area contributed by atoms with Gasteiger partial charge in [0.05, 0.1) is 6.61 Å². The summed E-state index contributed by atoms with van der Waals surface area (Å²) in [5, 5.41) is 1.03. The Balaban J connectivity index is 2.78. The van der Waals surface area contributed by atoms with Gasteiger partial charge < -0.3 is 4.74 Å². The van der Waals surface area contributed by atoms with Gasteiger partial charge in [-0.15, -0.1) is 11.6 Å². The van der Waals surface area contributed by atoms with Crippen molar-refractivity contribution in [1.29, 1.82) is 0 Å². The number of rotatable bonds is 6. The van der Waals surface area contributed by atoms with E-state index in [0.717, 1.165) is 23.9 Å². The van der Waals surface area contributed by atoms with Crippen molar-refractivity contribution >= 4 is 27.5 Å². The van der Waals surface area contributed by atoms with Crippen molar-refractivity contribution in [2.24, 2.45) is 0 Å². The number of alkyl halides is 2.